The van der Waals surface area contributed by atoms with Gasteiger partial charge in [-0.25, -0.2) is 0 Å². The molecule has 0 bridgehead atoms. The van der Waals surface area contributed by atoms with Crippen LogP contribution in [0, 0.1) is 5.92 Å². The molecule has 0 saturated heterocycles. The number of halogens is 1. The number of aromatic hydroxyl groups is 1. The van der Waals surface area contributed by atoms with E-state index in [1.54, 1.807) is 12.1 Å². The monoisotopic (exact) mass is 253 g/mol. The van der Waals surface area contributed by atoms with Crippen molar-refractivity contribution in [1.29, 1.82) is 0 Å². The fourth-order valence-corrected chi connectivity index (χ4v) is 2.29. The average Bonchev–Trinajstić information content (AvgIpc) is 3.12. The number of hydrogen-bond acceptors (Lipinski definition) is 2. The average molecular weight is 254 g/mol. The highest BCUT2D eigenvalue weighted by Crippen LogP contribution is 2.34. The van der Waals surface area contributed by atoms with Crippen molar-refractivity contribution in [1.82, 2.24) is 5.32 Å². The molecule has 0 aromatic heterocycles. The number of nitrogens with one attached hydrogen (secondary N) is 1. The van der Waals surface area contributed by atoms with E-state index in [1.165, 1.54) is 19.3 Å². The number of hydrogen-bond donors (Lipinski definition) is 2. The van der Waals surface area contributed by atoms with Crippen molar-refractivity contribution in [3.8, 4) is 5.75 Å². The fraction of sp³-hybridized carbons (Fsp3) is 0.571. The summed E-state index contributed by atoms with van der Waals surface area (Å²) in [4.78, 5) is 0. The van der Waals surface area contributed by atoms with Gasteiger partial charge in [-0.1, -0.05) is 31.4 Å². The largest absolute Gasteiger partial charge is 0.508 e. The standard InChI is InChI=1S/C14H20ClNO/c1-2-13(7-10-3-4-10)16-9-11-8-12(15)5-6-14(11)17/h5-6,8,10,13,16-17H,2-4,7,9H2,1H3. The van der Waals surface area contributed by atoms with Gasteiger partial charge in [-0.15, -0.1) is 0 Å². The van der Waals surface area contributed by atoms with Crippen LogP contribution >= 0.6 is 11.6 Å². The normalized spacial score (nSPS) is 17.1. The molecule has 0 amide bonds. The third-order valence-electron chi connectivity index (χ3n) is 3.43. The lowest BCUT2D eigenvalue weighted by Gasteiger charge is -2.17. The third-order valence-corrected chi connectivity index (χ3v) is 3.67. The van der Waals surface area contributed by atoms with Gasteiger partial charge in [0.1, 0.15) is 5.75 Å². The van der Waals surface area contributed by atoms with Gasteiger partial charge in [0.2, 0.25) is 0 Å². The number of phenolic OH excluding ortho intramolecular Hbond substituents is 1. The summed E-state index contributed by atoms with van der Waals surface area (Å²) in [5.41, 5.74) is 0.881. The minimum absolute atomic E-state index is 0.322. The smallest absolute Gasteiger partial charge is 0.120 e. The molecule has 0 aliphatic heterocycles. The van der Waals surface area contributed by atoms with E-state index >= 15 is 0 Å². The summed E-state index contributed by atoms with van der Waals surface area (Å²) in [6.07, 6.45) is 5.18. The van der Waals surface area contributed by atoms with Gasteiger partial charge in [-0.05, 0) is 37.0 Å². The molecule has 3 heteroatoms. The van der Waals surface area contributed by atoms with Crippen molar-refractivity contribution < 1.29 is 5.11 Å². The van der Waals surface area contributed by atoms with Crippen LogP contribution < -0.4 is 5.32 Å². The number of benzene rings is 1. The zero-order valence-electron chi connectivity index (χ0n) is 10.2. The van der Waals surface area contributed by atoms with Gasteiger partial charge in [0.15, 0.2) is 0 Å². The summed E-state index contributed by atoms with van der Waals surface area (Å²) in [6.45, 7) is 2.90. The lowest BCUT2D eigenvalue weighted by Crippen LogP contribution is -2.28. The first-order valence-corrected chi connectivity index (χ1v) is 6.77. The first-order chi connectivity index (χ1) is 8.19. The van der Waals surface area contributed by atoms with Crippen LogP contribution in [0.2, 0.25) is 5.02 Å². The highest BCUT2D eigenvalue weighted by molar-refractivity contribution is 6.30. The first-order valence-electron chi connectivity index (χ1n) is 6.39. The number of phenols is 1. The summed E-state index contributed by atoms with van der Waals surface area (Å²) < 4.78 is 0. The van der Waals surface area contributed by atoms with Gasteiger partial charge in [0.05, 0.1) is 0 Å². The second-order valence-corrected chi connectivity index (χ2v) is 5.37. The minimum atomic E-state index is 0.322. The van der Waals surface area contributed by atoms with Crippen LogP contribution in [-0.4, -0.2) is 11.1 Å². The van der Waals surface area contributed by atoms with Crippen molar-refractivity contribution in [3.05, 3.63) is 28.8 Å². The van der Waals surface area contributed by atoms with Gasteiger partial charge in [-0.2, -0.15) is 0 Å². The van der Waals surface area contributed by atoms with E-state index in [1.807, 2.05) is 6.07 Å². The highest BCUT2D eigenvalue weighted by Gasteiger charge is 2.24. The molecule has 1 aliphatic rings. The summed E-state index contributed by atoms with van der Waals surface area (Å²) in [5, 5.41) is 13.9. The molecule has 2 N–H and O–H groups in total. The zero-order valence-corrected chi connectivity index (χ0v) is 11.0. The predicted octanol–water partition coefficient (Wildman–Crippen LogP) is 3.71. The van der Waals surface area contributed by atoms with Crippen LogP contribution in [0.3, 0.4) is 0 Å². The molecule has 2 nitrogen and oxygen atoms in total. The second kappa shape index (κ2) is 5.74. The van der Waals surface area contributed by atoms with E-state index in [2.05, 4.69) is 12.2 Å². The predicted molar refractivity (Wildman–Crippen MR) is 71.4 cm³/mol. The summed E-state index contributed by atoms with van der Waals surface area (Å²) in [7, 11) is 0. The number of rotatable bonds is 6. The quantitative estimate of drug-likeness (QED) is 0.810. The van der Waals surface area contributed by atoms with Gasteiger partial charge in [-0.3, -0.25) is 0 Å². The van der Waals surface area contributed by atoms with Crippen molar-refractivity contribution in [2.24, 2.45) is 5.92 Å². The summed E-state index contributed by atoms with van der Waals surface area (Å²) >= 11 is 5.92. The van der Waals surface area contributed by atoms with Crippen LogP contribution in [0.4, 0.5) is 0 Å². The van der Waals surface area contributed by atoms with Crippen LogP contribution in [-0.2, 0) is 6.54 Å². The maximum atomic E-state index is 9.72. The van der Waals surface area contributed by atoms with Gasteiger partial charge in [0, 0.05) is 23.2 Å². The zero-order chi connectivity index (χ0) is 12.3. The van der Waals surface area contributed by atoms with E-state index in [4.69, 9.17) is 11.6 Å². The molecule has 0 heterocycles. The molecule has 1 saturated carbocycles. The van der Waals surface area contributed by atoms with Crippen molar-refractivity contribution in [2.75, 3.05) is 0 Å². The van der Waals surface area contributed by atoms with E-state index in [-0.39, 0.29) is 0 Å². The molecule has 0 radical (unpaired) electrons. The van der Waals surface area contributed by atoms with Gasteiger partial charge >= 0.3 is 0 Å². The molecular formula is C14H20ClNO. The Bertz CT molecular complexity index is 376. The molecule has 2 rings (SSSR count). The van der Waals surface area contributed by atoms with Gasteiger partial charge < -0.3 is 10.4 Å². The molecule has 94 valence electrons. The van der Waals surface area contributed by atoms with Crippen LogP contribution in [0.25, 0.3) is 0 Å². The van der Waals surface area contributed by atoms with Crippen molar-refractivity contribution in [2.45, 2.75) is 45.2 Å². The van der Waals surface area contributed by atoms with E-state index in [0.717, 1.165) is 17.9 Å². The Kier molecular flexibility index (Phi) is 4.30. The van der Waals surface area contributed by atoms with Gasteiger partial charge in [0.25, 0.3) is 0 Å². The summed E-state index contributed by atoms with van der Waals surface area (Å²) in [5.74, 6) is 1.25. The topological polar surface area (TPSA) is 32.3 Å². The molecule has 1 atom stereocenters. The Labute approximate surface area is 108 Å². The first kappa shape index (κ1) is 12.7. The molecule has 0 spiro atoms. The Morgan fingerprint density at radius 1 is 1.47 bits per heavy atom. The Balaban J connectivity index is 1.88. The molecule has 1 fully saturated rings. The Morgan fingerprint density at radius 2 is 2.24 bits per heavy atom. The van der Waals surface area contributed by atoms with Crippen molar-refractivity contribution in [3.63, 3.8) is 0 Å². The molecule has 1 aromatic carbocycles. The molecule has 1 aliphatic carbocycles. The maximum Gasteiger partial charge on any atom is 0.120 e. The summed E-state index contributed by atoms with van der Waals surface area (Å²) in [6, 6.07) is 5.75. The highest BCUT2D eigenvalue weighted by atomic mass is 35.5. The molecule has 1 unspecified atom stereocenters. The second-order valence-electron chi connectivity index (χ2n) is 4.94. The Morgan fingerprint density at radius 3 is 2.88 bits per heavy atom. The van der Waals surface area contributed by atoms with E-state index in [0.29, 0.717) is 23.4 Å². The van der Waals surface area contributed by atoms with Crippen molar-refractivity contribution >= 4 is 11.6 Å². The molecule has 1 aromatic rings. The third kappa shape index (κ3) is 3.90. The lowest BCUT2D eigenvalue weighted by molar-refractivity contribution is 0.429. The van der Waals surface area contributed by atoms with Crippen LogP contribution in [0.5, 0.6) is 5.75 Å². The van der Waals surface area contributed by atoms with Crippen LogP contribution in [0.1, 0.15) is 38.2 Å². The molecular weight excluding hydrogens is 234 g/mol. The van der Waals surface area contributed by atoms with Crippen LogP contribution in [0.15, 0.2) is 18.2 Å². The lowest BCUT2D eigenvalue weighted by atomic mass is 10.1. The Hall–Kier alpha value is -0.730. The van der Waals surface area contributed by atoms with E-state index < -0.39 is 0 Å². The maximum absolute atomic E-state index is 9.72. The minimum Gasteiger partial charge on any atom is -0.508 e. The SMILES string of the molecule is CCC(CC1CC1)NCc1cc(Cl)ccc1O. The molecule has 17 heavy (non-hydrogen) atoms. The van der Waals surface area contributed by atoms with E-state index in [9.17, 15) is 5.11 Å². The fourth-order valence-electron chi connectivity index (χ4n) is 2.10.